The Morgan fingerprint density at radius 1 is 1.42 bits per heavy atom. The molecule has 2 aromatic heterocycles. The van der Waals surface area contributed by atoms with Crippen LogP contribution in [-0.4, -0.2) is 33.6 Å². The highest BCUT2D eigenvalue weighted by molar-refractivity contribution is 6.30. The van der Waals surface area contributed by atoms with Crippen molar-refractivity contribution in [2.45, 2.75) is 12.5 Å². The first kappa shape index (κ1) is 16.3. The van der Waals surface area contributed by atoms with Gasteiger partial charge in [0.15, 0.2) is 0 Å². The number of imidazole rings is 1. The number of hydrogen-bond acceptors (Lipinski definition) is 4. The first-order chi connectivity index (χ1) is 11.5. The molecule has 0 fully saturated rings. The van der Waals surface area contributed by atoms with Gasteiger partial charge in [-0.25, -0.2) is 4.98 Å². The number of pyridine rings is 1. The predicted octanol–water partition coefficient (Wildman–Crippen LogP) is 2.62. The van der Waals surface area contributed by atoms with Crippen LogP contribution in [0, 0.1) is 0 Å². The van der Waals surface area contributed by atoms with Gasteiger partial charge in [0.1, 0.15) is 17.4 Å². The van der Waals surface area contributed by atoms with E-state index in [-0.39, 0.29) is 6.42 Å². The fourth-order valence-electron chi connectivity index (χ4n) is 2.56. The molecule has 24 heavy (non-hydrogen) atoms. The van der Waals surface area contributed by atoms with Gasteiger partial charge in [0, 0.05) is 18.2 Å². The number of nitrogens with zero attached hydrogens (tertiary/aromatic N) is 2. The molecule has 0 aliphatic carbocycles. The molecule has 2 heterocycles. The van der Waals surface area contributed by atoms with Gasteiger partial charge in [0.2, 0.25) is 0 Å². The molecule has 0 saturated heterocycles. The van der Waals surface area contributed by atoms with E-state index in [2.05, 4.69) is 4.98 Å². The lowest BCUT2D eigenvalue weighted by molar-refractivity contribution is -0.138. The van der Waals surface area contributed by atoms with Crippen LogP contribution in [0.25, 0.3) is 16.9 Å². The van der Waals surface area contributed by atoms with E-state index < -0.39 is 12.0 Å². The third-order valence-electron chi connectivity index (χ3n) is 3.76. The van der Waals surface area contributed by atoms with Gasteiger partial charge in [0.05, 0.1) is 23.5 Å². The Kier molecular flexibility index (Phi) is 4.42. The van der Waals surface area contributed by atoms with Crippen LogP contribution in [-0.2, 0) is 11.2 Å². The second kappa shape index (κ2) is 6.51. The van der Waals surface area contributed by atoms with Crippen LogP contribution in [0.15, 0.2) is 42.6 Å². The van der Waals surface area contributed by atoms with Crippen LogP contribution in [0.5, 0.6) is 5.75 Å². The summed E-state index contributed by atoms with van der Waals surface area (Å²) in [6, 6.07) is 9.90. The number of benzene rings is 1. The molecular formula is C17H16ClN3O3. The Morgan fingerprint density at radius 2 is 2.21 bits per heavy atom. The Hall–Kier alpha value is -2.57. The van der Waals surface area contributed by atoms with Gasteiger partial charge in [0.25, 0.3) is 0 Å². The lowest BCUT2D eigenvalue weighted by Crippen LogP contribution is -2.32. The summed E-state index contributed by atoms with van der Waals surface area (Å²) in [6.07, 6.45) is 1.83. The number of carboxylic acid groups (broad SMARTS) is 1. The van der Waals surface area contributed by atoms with E-state index in [1.807, 2.05) is 24.3 Å². The van der Waals surface area contributed by atoms with Crippen LogP contribution in [0.3, 0.4) is 0 Å². The zero-order valence-corrected chi connectivity index (χ0v) is 13.7. The maximum absolute atomic E-state index is 11.2. The highest BCUT2D eigenvalue weighted by atomic mass is 35.5. The molecule has 1 aromatic carbocycles. The summed E-state index contributed by atoms with van der Waals surface area (Å²) in [7, 11) is 1.59. The number of nitrogens with two attached hydrogens (primary N) is 1. The van der Waals surface area contributed by atoms with Crippen molar-refractivity contribution < 1.29 is 14.6 Å². The van der Waals surface area contributed by atoms with E-state index in [9.17, 15) is 4.79 Å². The third kappa shape index (κ3) is 3.06. The summed E-state index contributed by atoms with van der Waals surface area (Å²) >= 11 is 6.08. The normalized spacial score (nSPS) is 12.3. The van der Waals surface area contributed by atoms with E-state index in [0.29, 0.717) is 27.8 Å². The molecule has 0 bridgehead atoms. The van der Waals surface area contributed by atoms with Crippen LogP contribution in [0.2, 0.25) is 5.02 Å². The van der Waals surface area contributed by atoms with E-state index in [1.165, 1.54) is 0 Å². The Bertz CT molecular complexity index is 907. The molecule has 0 aliphatic rings. The first-order valence-electron chi connectivity index (χ1n) is 7.29. The fourth-order valence-corrected chi connectivity index (χ4v) is 2.72. The molecule has 1 unspecified atom stereocenters. The smallest absolute Gasteiger partial charge is 0.320 e. The largest absolute Gasteiger partial charge is 0.497 e. The predicted molar refractivity (Wildman–Crippen MR) is 91.5 cm³/mol. The summed E-state index contributed by atoms with van der Waals surface area (Å²) < 4.78 is 7.03. The van der Waals surface area contributed by atoms with Crippen molar-refractivity contribution >= 4 is 23.2 Å². The summed E-state index contributed by atoms with van der Waals surface area (Å²) in [5.74, 6) is -0.375. The number of aliphatic carboxylic acids is 1. The Labute approximate surface area is 143 Å². The maximum atomic E-state index is 11.2. The number of halogens is 1. The van der Waals surface area contributed by atoms with Crippen molar-refractivity contribution in [2.75, 3.05) is 7.11 Å². The second-order valence-electron chi connectivity index (χ2n) is 5.36. The van der Waals surface area contributed by atoms with Crippen LogP contribution in [0.4, 0.5) is 0 Å². The highest BCUT2D eigenvalue weighted by Crippen LogP contribution is 2.29. The quantitative estimate of drug-likeness (QED) is 0.742. The van der Waals surface area contributed by atoms with E-state index in [4.69, 9.17) is 27.2 Å². The standard InChI is InChI=1S/C17H16ClN3O3/c1-24-12-4-2-3-10(7-12)16-14(8-13(19)17(22)23)21-9-11(18)5-6-15(21)20-16/h2-7,9,13H,8,19H2,1H3,(H,22,23). The zero-order chi connectivity index (χ0) is 17.3. The monoisotopic (exact) mass is 345 g/mol. The summed E-state index contributed by atoms with van der Waals surface area (Å²) in [6.45, 7) is 0. The molecule has 0 aliphatic heterocycles. The molecule has 124 valence electrons. The SMILES string of the molecule is COc1cccc(-c2nc3ccc(Cl)cn3c2CC(N)C(=O)O)c1. The van der Waals surface area contributed by atoms with Crippen molar-refractivity contribution in [3.8, 4) is 17.0 Å². The Balaban J connectivity index is 2.20. The lowest BCUT2D eigenvalue weighted by Gasteiger charge is -2.10. The third-order valence-corrected chi connectivity index (χ3v) is 3.98. The molecule has 6 nitrogen and oxygen atoms in total. The van der Waals surface area contributed by atoms with E-state index in [0.717, 1.165) is 5.56 Å². The minimum atomic E-state index is -1.07. The molecule has 3 N–H and O–H groups in total. The molecular weight excluding hydrogens is 330 g/mol. The van der Waals surface area contributed by atoms with Crippen molar-refractivity contribution in [2.24, 2.45) is 5.73 Å². The molecule has 7 heteroatoms. The highest BCUT2D eigenvalue weighted by Gasteiger charge is 2.20. The first-order valence-corrected chi connectivity index (χ1v) is 7.66. The van der Waals surface area contributed by atoms with Gasteiger partial charge >= 0.3 is 5.97 Å². The topological polar surface area (TPSA) is 89.9 Å². The zero-order valence-electron chi connectivity index (χ0n) is 12.9. The van der Waals surface area contributed by atoms with Crippen molar-refractivity contribution in [3.05, 3.63) is 53.3 Å². The summed E-state index contributed by atoms with van der Waals surface area (Å²) in [4.78, 5) is 15.8. The van der Waals surface area contributed by atoms with Crippen LogP contribution >= 0.6 is 11.6 Å². The van der Waals surface area contributed by atoms with Crippen LogP contribution in [0.1, 0.15) is 5.69 Å². The van der Waals surface area contributed by atoms with E-state index >= 15 is 0 Å². The fraction of sp³-hybridized carbons (Fsp3) is 0.176. The minimum absolute atomic E-state index is 0.128. The van der Waals surface area contributed by atoms with E-state index in [1.54, 1.807) is 29.8 Å². The molecule has 1 atom stereocenters. The average Bonchev–Trinajstić information content (AvgIpc) is 2.92. The van der Waals surface area contributed by atoms with Gasteiger partial charge in [-0.15, -0.1) is 0 Å². The van der Waals surface area contributed by atoms with Gasteiger partial charge < -0.3 is 20.0 Å². The number of fused-ring (bicyclic) bond motifs is 1. The molecule has 3 aromatic rings. The summed E-state index contributed by atoms with van der Waals surface area (Å²) in [5.41, 5.74) is 8.58. The average molecular weight is 346 g/mol. The molecule has 0 saturated carbocycles. The Morgan fingerprint density at radius 3 is 2.92 bits per heavy atom. The number of ether oxygens (including phenoxy) is 1. The molecule has 0 spiro atoms. The molecule has 3 rings (SSSR count). The maximum Gasteiger partial charge on any atom is 0.320 e. The number of rotatable bonds is 5. The number of methoxy groups -OCH3 is 1. The number of carbonyl (C=O) groups is 1. The molecule has 0 radical (unpaired) electrons. The van der Waals surface area contributed by atoms with Crippen molar-refractivity contribution in [3.63, 3.8) is 0 Å². The summed E-state index contributed by atoms with van der Waals surface area (Å²) in [5, 5.41) is 9.68. The molecule has 0 amide bonds. The van der Waals surface area contributed by atoms with Crippen LogP contribution < -0.4 is 10.5 Å². The van der Waals surface area contributed by atoms with Gasteiger partial charge in [-0.2, -0.15) is 0 Å². The van der Waals surface area contributed by atoms with Gasteiger partial charge in [-0.05, 0) is 24.3 Å². The lowest BCUT2D eigenvalue weighted by atomic mass is 10.1. The number of hydrogen-bond donors (Lipinski definition) is 2. The van der Waals surface area contributed by atoms with Crippen molar-refractivity contribution in [1.82, 2.24) is 9.38 Å². The number of carboxylic acids is 1. The van der Waals surface area contributed by atoms with Crippen molar-refractivity contribution in [1.29, 1.82) is 0 Å². The number of aromatic nitrogens is 2. The van der Waals surface area contributed by atoms with Gasteiger partial charge in [-0.3, -0.25) is 4.79 Å². The minimum Gasteiger partial charge on any atom is -0.497 e. The second-order valence-corrected chi connectivity index (χ2v) is 5.80. The van der Waals surface area contributed by atoms with Gasteiger partial charge in [-0.1, -0.05) is 23.7 Å².